The number of hydrogen-bond acceptors (Lipinski definition) is 3. The van der Waals surface area contributed by atoms with E-state index in [1.54, 1.807) is 0 Å². The second-order valence-electron chi connectivity index (χ2n) is 4.14. The molecule has 1 heterocycles. The lowest BCUT2D eigenvalue weighted by atomic mass is 10.1. The van der Waals surface area contributed by atoms with Crippen LogP contribution < -0.4 is 10.6 Å². The van der Waals surface area contributed by atoms with E-state index in [4.69, 9.17) is 5.73 Å². The molecule has 0 aliphatic heterocycles. The Morgan fingerprint density at radius 1 is 1.44 bits per heavy atom. The highest BCUT2D eigenvalue weighted by Crippen LogP contribution is 2.22. The van der Waals surface area contributed by atoms with Crippen LogP contribution in [0.25, 0.3) is 0 Å². The average Bonchev–Trinajstić information content (AvgIpc) is 2.30. The predicted molar refractivity (Wildman–Crippen MR) is 69.6 cm³/mol. The van der Waals surface area contributed by atoms with Crippen molar-refractivity contribution >= 4 is 5.82 Å². The van der Waals surface area contributed by atoms with Gasteiger partial charge in [-0.25, -0.2) is 4.98 Å². The van der Waals surface area contributed by atoms with Crippen LogP contribution >= 0.6 is 0 Å². The minimum Gasteiger partial charge on any atom is -0.357 e. The van der Waals surface area contributed by atoms with Crippen LogP contribution in [0.1, 0.15) is 45.2 Å². The van der Waals surface area contributed by atoms with E-state index in [2.05, 4.69) is 29.8 Å². The molecule has 2 N–H and O–H groups in total. The molecule has 0 bridgehead atoms. The van der Waals surface area contributed by atoms with Crippen molar-refractivity contribution in [3.63, 3.8) is 0 Å². The van der Waals surface area contributed by atoms with Gasteiger partial charge in [0.05, 0.1) is 0 Å². The highest BCUT2D eigenvalue weighted by Gasteiger charge is 2.12. The number of unbranched alkanes of at least 4 members (excludes halogenated alkanes) is 1. The van der Waals surface area contributed by atoms with Crippen molar-refractivity contribution in [2.24, 2.45) is 5.73 Å². The number of nitrogens with two attached hydrogens (primary N) is 1. The molecule has 0 saturated carbocycles. The Kier molecular flexibility index (Phi) is 5.26. The third kappa shape index (κ3) is 3.20. The smallest absolute Gasteiger partial charge is 0.133 e. The molecular formula is C13H23N3. The quantitative estimate of drug-likeness (QED) is 0.803. The number of pyridine rings is 1. The molecule has 0 fully saturated rings. The second-order valence-corrected chi connectivity index (χ2v) is 4.14. The minimum atomic E-state index is 0.0411. The number of aromatic nitrogens is 1. The van der Waals surface area contributed by atoms with Crippen molar-refractivity contribution in [3.05, 3.63) is 23.9 Å². The summed E-state index contributed by atoms with van der Waals surface area (Å²) in [5.41, 5.74) is 7.11. The van der Waals surface area contributed by atoms with E-state index in [0.29, 0.717) is 0 Å². The summed E-state index contributed by atoms with van der Waals surface area (Å²) in [5.74, 6) is 1.05. The molecule has 0 spiro atoms. The van der Waals surface area contributed by atoms with Gasteiger partial charge >= 0.3 is 0 Å². The summed E-state index contributed by atoms with van der Waals surface area (Å²) in [6.45, 7) is 8.42. The maximum absolute atomic E-state index is 5.97. The molecule has 0 aliphatic carbocycles. The fourth-order valence-electron chi connectivity index (χ4n) is 1.79. The van der Waals surface area contributed by atoms with Crippen LogP contribution in [-0.4, -0.2) is 18.1 Å². The Morgan fingerprint density at radius 3 is 2.75 bits per heavy atom. The molecule has 1 aromatic rings. The standard InChI is InChI=1S/C13H23N3/c1-4-6-10-16(5-2)13-12(11(3)14)8-7-9-15-13/h7-9,11H,4-6,10,14H2,1-3H3. The van der Waals surface area contributed by atoms with Gasteiger partial charge in [-0.15, -0.1) is 0 Å². The SMILES string of the molecule is CCCCN(CC)c1ncccc1C(C)N. The number of nitrogens with zero attached hydrogens (tertiary/aromatic N) is 2. The Morgan fingerprint density at radius 2 is 2.19 bits per heavy atom. The maximum atomic E-state index is 5.97. The average molecular weight is 221 g/mol. The van der Waals surface area contributed by atoms with Crippen molar-refractivity contribution in [3.8, 4) is 0 Å². The molecule has 0 aromatic carbocycles. The van der Waals surface area contributed by atoms with Crippen molar-refractivity contribution in [1.29, 1.82) is 0 Å². The Hall–Kier alpha value is -1.09. The molecule has 0 saturated heterocycles. The summed E-state index contributed by atoms with van der Waals surface area (Å²) in [7, 11) is 0. The van der Waals surface area contributed by atoms with Crippen LogP contribution in [0.4, 0.5) is 5.82 Å². The van der Waals surface area contributed by atoms with Gasteiger partial charge in [0.2, 0.25) is 0 Å². The third-order valence-electron chi connectivity index (χ3n) is 2.77. The van der Waals surface area contributed by atoms with Gasteiger partial charge in [0.25, 0.3) is 0 Å². The van der Waals surface area contributed by atoms with E-state index in [1.807, 2.05) is 19.2 Å². The van der Waals surface area contributed by atoms with Gasteiger partial charge < -0.3 is 10.6 Å². The van der Waals surface area contributed by atoms with Crippen molar-refractivity contribution in [1.82, 2.24) is 4.98 Å². The highest BCUT2D eigenvalue weighted by atomic mass is 15.2. The van der Waals surface area contributed by atoms with Crippen LogP contribution in [0.15, 0.2) is 18.3 Å². The van der Waals surface area contributed by atoms with E-state index < -0.39 is 0 Å². The van der Waals surface area contributed by atoms with Crippen molar-refractivity contribution in [2.45, 2.75) is 39.7 Å². The molecule has 0 aliphatic rings. The predicted octanol–water partition coefficient (Wildman–Crippen LogP) is 2.73. The van der Waals surface area contributed by atoms with Crippen LogP contribution in [0, 0.1) is 0 Å². The number of rotatable bonds is 6. The van der Waals surface area contributed by atoms with Gasteiger partial charge in [0.1, 0.15) is 5.82 Å². The Labute approximate surface area is 98.7 Å². The second kappa shape index (κ2) is 6.48. The normalized spacial score (nSPS) is 12.5. The molecular weight excluding hydrogens is 198 g/mol. The fraction of sp³-hybridized carbons (Fsp3) is 0.615. The molecule has 90 valence electrons. The van der Waals surface area contributed by atoms with E-state index in [9.17, 15) is 0 Å². The molecule has 16 heavy (non-hydrogen) atoms. The van der Waals surface area contributed by atoms with Gasteiger partial charge in [-0.2, -0.15) is 0 Å². The molecule has 3 nitrogen and oxygen atoms in total. The van der Waals surface area contributed by atoms with Crippen LogP contribution in [0.3, 0.4) is 0 Å². The zero-order chi connectivity index (χ0) is 12.0. The molecule has 0 radical (unpaired) electrons. The maximum Gasteiger partial charge on any atom is 0.133 e. The van der Waals surface area contributed by atoms with Gasteiger partial charge in [-0.1, -0.05) is 19.4 Å². The number of hydrogen-bond donors (Lipinski definition) is 1. The van der Waals surface area contributed by atoms with Gasteiger partial charge in [0.15, 0.2) is 0 Å². The fourth-order valence-corrected chi connectivity index (χ4v) is 1.79. The summed E-state index contributed by atoms with van der Waals surface area (Å²) in [6.07, 6.45) is 4.25. The van der Waals surface area contributed by atoms with Gasteiger partial charge in [-0.05, 0) is 26.3 Å². The van der Waals surface area contributed by atoms with E-state index in [0.717, 1.165) is 24.5 Å². The topological polar surface area (TPSA) is 42.2 Å². The minimum absolute atomic E-state index is 0.0411. The van der Waals surface area contributed by atoms with Crippen LogP contribution in [-0.2, 0) is 0 Å². The Balaban J connectivity index is 2.90. The summed E-state index contributed by atoms with van der Waals surface area (Å²) in [6, 6.07) is 4.07. The lowest BCUT2D eigenvalue weighted by Crippen LogP contribution is -2.27. The molecule has 1 rings (SSSR count). The van der Waals surface area contributed by atoms with Gasteiger partial charge in [0, 0.05) is 30.9 Å². The van der Waals surface area contributed by atoms with Crippen molar-refractivity contribution < 1.29 is 0 Å². The first-order valence-electron chi connectivity index (χ1n) is 6.16. The number of anilines is 1. The lowest BCUT2D eigenvalue weighted by Gasteiger charge is -2.25. The molecule has 3 heteroatoms. The summed E-state index contributed by atoms with van der Waals surface area (Å²) in [4.78, 5) is 6.78. The highest BCUT2D eigenvalue weighted by molar-refractivity contribution is 5.48. The first kappa shape index (κ1) is 13.0. The van der Waals surface area contributed by atoms with E-state index in [1.165, 1.54) is 12.8 Å². The zero-order valence-corrected chi connectivity index (χ0v) is 10.6. The lowest BCUT2D eigenvalue weighted by molar-refractivity contribution is 0.709. The third-order valence-corrected chi connectivity index (χ3v) is 2.77. The van der Waals surface area contributed by atoms with E-state index in [-0.39, 0.29) is 6.04 Å². The summed E-state index contributed by atoms with van der Waals surface area (Å²) in [5, 5.41) is 0. The van der Waals surface area contributed by atoms with Crippen LogP contribution in [0.5, 0.6) is 0 Å². The summed E-state index contributed by atoms with van der Waals surface area (Å²) >= 11 is 0. The molecule has 1 aromatic heterocycles. The molecule has 0 amide bonds. The first-order valence-corrected chi connectivity index (χ1v) is 6.16. The first-order chi connectivity index (χ1) is 7.70. The van der Waals surface area contributed by atoms with Crippen molar-refractivity contribution in [2.75, 3.05) is 18.0 Å². The molecule has 1 unspecified atom stereocenters. The zero-order valence-electron chi connectivity index (χ0n) is 10.6. The van der Waals surface area contributed by atoms with E-state index >= 15 is 0 Å². The Bertz CT molecular complexity index is 310. The largest absolute Gasteiger partial charge is 0.357 e. The summed E-state index contributed by atoms with van der Waals surface area (Å²) < 4.78 is 0. The van der Waals surface area contributed by atoms with Gasteiger partial charge in [-0.3, -0.25) is 0 Å². The van der Waals surface area contributed by atoms with Crippen LogP contribution in [0.2, 0.25) is 0 Å². The monoisotopic (exact) mass is 221 g/mol. The molecule has 1 atom stereocenters.